The maximum absolute atomic E-state index is 13.2. The van der Waals surface area contributed by atoms with Crippen LogP contribution in [-0.4, -0.2) is 64.6 Å². The SMILES string of the molecule is Cc1cccc(C)c1OCC(=O)Nc1cc(S(=O)(=O)N2CCOCC2)ccc1N1CCCC1. The van der Waals surface area contributed by atoms with Crippen LogP contribution < -0.4 is 15.0 Å². The smallest absolute Gasteiger partial charge is 0.262 e. The van der Waals surface area contributed by atoms with E-state index in [1.807, 2.05) is 32.0 Å². The first kappa shape index (κ1) is 23.5. The molecular formula is C24H31N3O5S. The third-order valence-electron chi connectivity index (χ3n) is 6.05. The van der Waals surface area contributed by atoms with Crippen molar-refractivity contribution >= 4 is 27.3 Å². The lowest BCUT2D eigenvalue weighted by Crippen LogP contribution is -2.40. The molecule has 178 valence electrons. The fourth-order valence-electron chi connectivity index (χ4n) is 4.30. The average Bonchev–Trinajstić information content (AvgIpc) is 3.34. The highest BCUT2D eigenvalue weighted by Gasteiger charge is 2.28. The number of sulfonamides is 1. The molecule has 0 aromatic heterocycles. The van der Waals surface area contributed by atoms with Crippen LogP contribution in [0.4, 0.5) is 11.4 Å². The van der Waals surface area contributed by atoms with Crippen molar-refractivity contribution in [1.82, 2.24) is 4.31 Å². The number of carbonyl (C=O) groups is 1. The van der Waals surface area contributed by atoms with E-state index in [-0.39, 0.29) is 17.4 Å². The average molecular weight is 474 g/mol. The Bertz CT molecular complexity index is 1090. The quantitative estimate of drug-likeness (QED) is 0.665. The van der Waals surface area contributed by atoms with Crippen LogP contribution in [0.15, 0.2) is 41.3 Å². The number of anilines is 2. The summed E-state index contributed by atoms with van der Waals surface area (Å²) < 4.78 is 38.8. The number of nitrogens with zero attached hydrogens (tertiary/aromatic N) is 2. The van der Waals surface area contributed by atoms with Crippen molar-refractivity contribution in [2.24, 2.45) is 0 Å². The zero-order valence-electron chi connectivity index (χ0n) is 19.2. The van der Waals surface area contributed by atoms with Gasteiger partial charge in [-0.2, -0.15) is 4.31 Å². The van der Waals surface area contributed by atoms with Gasteiger partial charge in [-0.15, -0.1) is 0 Å². The van der Waals surface area contributed by atoms with Crippen LogP contribution in [-0.2, 0) is 19.6 Å². The Labute approximate surface area is 195 Å². The summed E-state index contributed by atoms with van der Waals surface area (Å²) in [5.41, 5.74) is 3.23. The fraction of sp³-hybridized carbons (Fsp3) is 0.458. The molecule has 0 aliphatic carbocycles. The van der Waals surface area contributed by atoms with Crippen LogP contribution >= 0.6 is 0 Å². The van der Waals surface area contributed by atoms with E-state index < -0.39 is 10.0 Å². The molecule has 0 atom stereocenters. The van der Waals surface area contributed by atoms with Crippen LogP contribution in [0.1, 0.15) is 24.0 Å². The number of ether oxygens (including phenoxy) is 2. The van der Waals surface area contributed by atoms with E-state index in [4.69, 9.17) is 9.47 Å². The molecule has 2 saturated heterocycles. The highest BCUT2D eigenvalue weighted by molar-refractivity contribution is 7.89. The topological polar surface area (TPSA) is 88.2 Å². The molecule has 2 aliphatic rings. The van der Waals surface area contributed by atoms with Crippen LogP contribution in [0, 0.1) is 13.8 Å². The standard InChI is InChI=1S/C24H31N3O5S/c1-18-6-5-7-19(2)24(18)32-17-23(28)25-21-16-20(8-9-22(21)26-10-3-4-11-26)33(29,30)27-12-14-31-15-13-27/h5-9,16H,3-4,10-15,17H2,1-2H3,(H,25,28). The second-order valence-corrected chi connectivity index (χ2v) is 10.4. The number of hydrogen-bond donors (Lipinski definition) is 1. The second-order valence-electron chi connectivity index (χ2n) is 8.45. The van der Waals surface area contributed by atoms with Gasteiger partial charge >= 0.3 is 0 Å². The van der Waals surface area contributed by atoms with Crippen molar-refractivity contribution in [3.63, 3.8) is 0 Å². The van der Waals surface area contributed by atoms with Gasteiger partial charge in [-0.1, -0.05) is 18.2 Å². The van der Waals surface area contributed by atoms with Gasteiger partial charge in [0.1, 0.15) is 5.75 Å². The maximum Gasteiger partial charge on any atom is 0.262 e. The normalized spacial score (nSPS) is 17.2. The number of para-hydroxylation sites is 1. The molecule has 0 saturated carbocycles. The zero-order chi connectivity index (χ0) is 23.4. The minimum atomic E-state index is -3.67. The van der Waals surface area contributed by atoms with Gasteiger partial charge in [0.2, 0.25) is 10.0 Å². The monoisotopic (exact) mass is 473 g/mol. The number of rotatable bonds is 7. The van der Waals surface area contributed by atoms with Gasteiger partial charge in [0.15, 0.2) is 6.61 Å². The highest BCUT2D eigenvalue weighted by Crippen LogP contribution is 2.32. The second kappa shape index (κ2) is 10.1. The minimum absolute atomic E-state index is 0.161. The minimum Gasteiger partial charge on any atom is -0.483 e. The summed E-state index contributed by atoms with van der Waals surface area (Å²) in [6.07, 6.45) is 2.13. The number of morpholine rings is 1. The van der Waals surface area contributed by atoms with Crippen LogP contribution in [0.25, 0.3) is 0 Å². The molecule has 8 nitrogen and oxygen atoms in total. The van der Waals surface area contributed by atoms with E-state index in [1.54, 1.807) is 18.2 Å². The molecule has 4 rings (SSSR count). The third-order valence-corrected chi connectivity index (χ3v) is 7.95. The number of amides is 1. The number of hydrogen-bond acceptors (Lipinski definition) is 6. The number of benzene rings is 2. The molecule has 2 aromatic carbocycles. The van der Waals surface area contributed by atoms with E-state index in [0.29, 0.717) is 37.7 Å². The first-order valence-electron chi connectivity index (χ1n) is 11.3. The number of nitrogens with one attached hydrogen (secondary N) is 1. The fourth-order valence-corrected chi connectivity index (χ4v) is 5.73. The van der Waals surface area contributed by atoms with E-state index in [0.717, 1.165) is 42.7 Å². The summed E-state index contributed by atoms with van der Waals surface area (Å²) in [6, 6.07) is 10.8. The lowest BCUT2D eigenvalue weighted by atomic mass is 10.1. The zero-order valence-corrected chi connectivity index (χ0v) is 20.0. The molecule has 0 spiro atoms. The summed E-state index contributed by atoms with van der Waals surface area (Å²) in [5, 5.41) is 2.90. The molecule has 2 fully saturated rings. The number of carbonyl (C=O) groups excluding carboxylic acids is 1. The van der Waals surface area contributed by atoms with Crippen molar-refractivity contribution < 1.29 is 22.7 Å². The van der Waals surface area contributed by atoms with Crippen molar-refractivity contribution in [3.8, 4) is 5.75 Å². The summed E-state index contributed by atoms with van der Waals surface area (Å²) in [6.45, 7) is 6.86. The molecule has 1 N–H and O–H groups in total. The summed E-state index contributed by atoms with van der Waals surface area (Å²) in [7, 11) is -3.67. The Morgan fingerprint density at radius 1 is 1.03 bits per heavy atom. The van der Waals surface area contributed by atoms with Gasteiger partial charge in [0.05, 0.1) is 29.5 Å². The van der Waals surface area contributed by atoms with E-state index in [1.165, 1.54) is 4.31 Å². The van der Waals surface area contributed by atoms with E-state index >= 15 is 0 Å². The molecule has 0 bridgehead atoms. The Morgan fingerprint density at radius 2 is 1.70 bits per heavy atom. The Morgan fingerprint density at radius 3 is 2.36 bits per heavy atom. The molecule has 0 unspecified atom stereocenters. The maximum atomic E-state index is 13.2. The highest BCUT2D eigenvalue weighted by atomic mass is 32.2. The van der Waals surface area contributed by atoms with Crippen molar-refractivity contribution in [2.75, 3.05) is 56.2 Å². The first-order valence-corrected chi connectivity index (χ1v) is 12.8. The predicted molar refractivity (Wildman–Crippen MR) is 128 cm³/mol. The molecule has 33 heavy (non-hydrogen) atoms. The first-order chi connectivity index (χ1) is 15.9. The van der Waals surface area contributed by atoms with Gasteiger partial charge in [-0.3, -0.25) is 4.79 Å². The Hall–Kier alpha value is -2.62. The van der Waals surface area contributed by atoms with Crippen molar-refractivity contribution in [2.45, 2.75) is 31.6 Å². The van der Waals surface area contributed by atoms with E-state index in [2.05, 4.69) is 10.2 Å². The van der Waals surface area contributed by atoms with Crippen LogP contribution in [0.5, 0.6) is 5.75 Å². The van der Waals surface area contributed by atoms with Gasteiger partial charge in [0.25, 0.3) is 5.91 Å². The van der Waals surface area contributed by atoms with Crippen molar-refractivity contribution in [1.29, 1.82) is 0 Å². The Balaban J connectivity index is 1.56. The number of aryl methyl sites for hydroxylation is 2. The lowest BCUT2D eigenvalue weighted by Gasteiger charge is -2.27. The molecule has 1 amide bonds. The van der Waals surface area contributed by atoms with Gasteiger partial charge in [-0.05, 0) is 56.0 Å². The molecule has 0 radical (unpaired) electrons. The predicted octanol–water partition coefficient (Wildman–Crippen LogP) is 2.94. The van der Waals surface area contributed by atoms with Gasteiger partial charge in [-0.25, -0.2) is 8.42 Å². The summed E-state index contributed by atoms with van der Waals surface area (Å²) >= 11 is 0. The molecule has 2 aliphatic heterocycles. The van der Waals surface area contributed by atoms with Crippen molar-refractivity contribution in [3.05, 3.63) is 47.5 Å². The van der Waals surface area contributed by atoms with Crippen LogP contribution in [0.2, 0.25) is 0 Å². The molecule has 2 heterocycles. The summed E-state index contributed by atoms with van der Waals surface area (Å²) in [5.74, 6) is 0.357. The van der Waals surface area contributed by atoms with Gasteiger partial charge < -0.3 is 19.7 Å². The molecular weight excluding hydrogens is 442 g/mol. The lowest BCUT2D eigenvalue weighted by molar-refractivity contribution is -0.118. The largest absolute Gasteiger partial charge is 0.483 e. The summed E-state index contributed by atoms with van der Waals surface area (Å²) in [4.78, 5) is 15.1. The molecule has 2 aromatic rings. The Kier molecular flexibility index (Phi) is 7.21. The third kappa shape index (κ3) is 5.31. The van der Waals surface area contributed by atoms with Gasteiger partial charge in [0, 0.05) is 26.2 Å². The van der Waals surface area contributed by atoms with Crippen LogP contribution in [0.3, 0.4) is 0 Å². The van der Waals surface area contributed by atoms with E-state index in [9.17, 15) is 13.2 Å². The molecule has 9 heteroatoms.